The van der Waals surface area contributed by atoms with Gasteiger partial charge in [0, 0.05) is 34.0 Å². The van der Waals surface area contributed by atoms with E-state index in [1.165, 1.54) is 30.6 Å². The number of nitro groups is 1. The summed E-state index contributed by atoms with van der Waals surface area (Å²) in [5.74, 6) is 0. The fraction of sp³-hybridized carbons (Fsp3) is 0.0435. The molecular weight excluding hydrogens is 471 g/mol. The Balaban J connectivity index is 1.80. The van der Waals surface area contributed by atoms with Crippen LogP contribution in [0.15, 0.2) is 72.0 Å². The molecule has 0 bridgehead atoms. The van der Waals surface area contributed by atoms with Crippen molar-refractivity contribution in [2.24, 2.45) is 4.99 Å². The number of nitro benzene ring substituents is 1. The number of fused-ring (bicyclic) bond motifs is 3. The lowest BCUT2D eigenvalue weighted by Crippen LogP contribution is -2.08. The summed E-state index contributed by atoms with van der Waals surface area (Å²) in [5.41, 5.74) is 1.08. The third kappa shape index (κ3) is 3.67. The van der Waals surface area contributed by atoms with Crippen LogP contribution in [0.4, 0.5) is 24.5 Å². The van der Waals surface area contributed by atoms with Crippen LogP contribution in [0.1, 0.15) is 22.3 Å². The molecule has 1 aromatic heterocycles. The maximum atomic E-state index is 13.3. The second-order valence-corrected chi connectivity index (χ2v) is 7.83. The van der Waals surface area contributed by atoms with Gasteiger partial charge in [-0.3, -0.25) is 15.2 Å². The van der Waals surface area contributed by atoms with Gasteiger partial charge in [-0.15, -0.1) is 0 Å². The van der Waals surface area contributed by atoms with E-state index in [0.29, 0.717) is 27.2 Å². The number of rotatable bonds is 3. The summed E-state index contributed by atoms with van der Waals surface area (Å²) in [6.07, 6.45) is -1.64. The van der Waals surface area contributed by atoms with E-state index in [1.54, 1.807) is 24.3 Å². The van der Waals surface area contributed by atoms with E-state index in [2.05, 4.69) is 20.5 Å². The van der Waals surface area contributed by atoms with Crippen molar-refractivity contribution in [3.8, 4) is 0 Å². The number of hydrogen-bond donors (Lipinski definition) is 2. The molecule has 3 aromatic carbocycles. The van der Waals surface area contributed by atoms with E-state index in [4.69, 9.17) is 11.6 Å². The van der Waals surface area contributed by atoms with E-state index >= 15 is 0 Å². The third-order valence-corrected chi connectivity index (χ3v) is 5.70. The van der Waals surface area contributed by atoms with Crippen molar-refractivity contribution in [2.75, 3.05) is 5.32 Å². The highest BCUT2D eigenvalue weighted by Gasteiger charge is 2.31. The van der Waals surface area contributed by atoms with Gasteiger partial charge in [0.2, 0.25) is 0 Å². The lowest BCUT2D eigenvalue weighted by molar-refractivity contribution is -0.383. The van der Waals surface area contributed by atoms with Crippen LogP contribution in [-0.4, -0.2) is 20.8 Å². The van der Waals surface area contributed by atoms with Crippen LogP contribution in [-0.2, 0) is 6.18 Å². The number of benzene rings is 3. The Morgan fingerprint density at radius 2 is 1.82 bits per heavy atom. The van der Waals surface area contributed by atoms with Crippen molar-refractivity contribution >= 4 is 45.3 Å². The molecule has 11 heteroatoms. The first-order chi connectivity index (χ1) is 16.2. The molecule has 170 valence electrons. The number of H-pyrrole nitrogens is 1. The minimum atomic E-state index is -4.53. The van der Waals surface area contributed by atoms with Gasteiger partial charge in [0.05, 0.1) is 39.2 Å². The summed E-state index contributed by atoms with van der Waals surface area (Å²) < 4.78 is 40.0. The number of aromatic amines is 1. The van der Waals surface area contributed by atoms with Gasteiger partial charge < -0.3 is 5.32 Å². The Bertz CT molecular complexity index is 1520. The molecule has 7 nitrogen and oxygen atoms in total. The van der Waals surface area contributed by atoms with Crippen molar-refractivity contribution in [3.63, 3.8) is 0 Å². The lowest BCUT2D eigenvalue weighted by atomic mass is 9.97. The van der Waals surface area contributed by atoms with Crippen LogP contribution < -0.4 is 5.32 Å². The Kier molecular flexibility index (Phi) is 5.09. The molecule has 0 unspecified atom stereocenters. The van der Waals surface area contributed by atoms with Gasteiger partial charge in [0.15, 0.2) is 0 Å². The number of aliphatic imine (C=N–C) groups is 1. The largest absolute Gasteiger partial charge is 0.416 e. The summed E-state index contributed by atoms with van der Waals surface area (Å²) in [6, 6.07) is 12.9. The Hall–Kier alpha value is -4.18. The highest BCUT2D eigenvalue weighted by atomic mass is 35.5. The monoisotopic (exact) mass is 483 g/mol. The van der Waals surface area contributed by atoms with Crippen molar-refractivity contribution in [3.05, 3.63) is 104 Å². The first-order valence-electron chi connectivity index (χ1n) is 9.87. The van der Waals surface area contributed by atoms with E-state index < -0.39 is 16.7 Å². The van der Waals surface area contributed by atoms with Gasteiger partial charge in [0.1, 0.15) is 5.52 Å². The minimum absolute atomic E-state index is 0.191. The van der Waals surface area contributed by atoms with Crippen LogP contribution >= 0.6 is 11.6 Å². The number of aromatic nitrogens is 2. The van der Waals surface area contributed by atoms with Crippen molar-refractivity contribution in [2.45, 2.75) is 6.18 Å². The van der Waals surface area contributed by atoms with Crippen LogP contribution in [0, 0.1) is 10.1 Å². The molecule has 2 N–H and O–H groups in total. The molecular formula is C23H13ClF3N5O2. The molecule has 1 aliphatic heterocycles. The predicted molar refractivity (Wildman–Crippen MR) is 123 cm³/mol. The molecule has 34 heavy (non-hydrogen) atoms. The van der Waals surface area contributed by atoms with E-state index in [1.807, 2.05) is 0 Å². The van der Waals surface area contributed by atoms with Gasteiger partial charge in [-0.05, 0) is 18.2 Å². The fourth-order valence-corrected chi connectivity index (χ4v) is 4.02. The zero-order valence-electron chi connectivity index (χ0n) is 17.0. The van der Waals surface area contributed by atoms with Crippen molar-refractivity contribution in [1.82, 2.24) is 10.2 Å². The molecule has 0 atom stereocenters. The number of anilines is 1. The number of hydrogen-bond acceptors (Lipinski definition) is 5. The molecule has 0 spiro atoms. The van der Waals surface area contributed by atoms with Gasteiger partial charge in [-0.25, -0.2) is 4.99 Å². The smallest absolute Gasteiger partial charge is 0.359 e. The number of halogens is 4. The standard InChI is InChI=1S/C23H13ClF3N5O2/c24-17-7-2-1-6-14(17)21-15-9-19(32(33)34)22-16(10-29-31-22)20(15)28-11-18(30-21)12-4-3-5-13(8-12)23(25,26)27/h1-11,28H,(H,29,31). The molecule has 0 amide bonds. The molecule has 1 aliphatic rings. The van der Waals surface area contributed by atoms with Gasteiger partial charge >= 0.3 is 6.18 Å². The highest BCUT2D eigenvalue weighted by molar-refractivity contribution is 6.36. The van der Waals surface area contributed by atoms with Crippen molar-refractivity contribution < 1.29 is 18.1 Å². The molecule has 0 aliphatic carbocycles. The summed E-state index contributed by atoms with van der Waals surface area (Å²) in [7, 11) is 0. The minimum Gasteiger partial charge on any atom is -0.359 e. The Labute approximate surface area is 194 Å². The van der Waals surface area contributed by atoms with Crippen LogP contribution in [0.3, 0.4) is 0 Å². The lowest BCUT2D eigenvalue weighted by Gasteiger charge is -2.13. The van der Waals surface area contributed by atoms with Crippen molar-refractivity contribution in [1.29, 1.82) is 0 Å². The van der Waals surface area contributed by atoms with E-state index in [0.717, 1.165) is 12.1 Å². The van der Waals surface area contributed by atoms with E-state index in [-0.39, 0.29) is 28.2 Å². The molecule has 0 saturated carbocycles. The zero-order chi connectivity index (χ0) is 24.0. The maximum absolute atomic E-state index is 13.3. The SMILES string of the molecule is O=[N+]([O-])c1cc2c(c3cn[nH]c13)NC=C(c1cccc(C(F)(F)F)c1)N=C2c1ccccc1Cl. The predicted octanol–water partition coefficient (Wildman–Crippen LogP) is 6.40. The quantitative estimate of drug-likeness (QED) is 0.260. The first kappa shape index (κ1) is 21.7. The molecule has 4 aromatic rings. The highest BCUT2D eigenvalue weighted by Crippen LogP contribution is 2.39. The molecule has 0 saturated heterocycles. The molecule has 0 fully saturated rings. The summed E-state index contributed by atoms with van der Waals surface area (Å²) >= 11 is 6.43. The topological polar surface area (TPSA) is 96.2 Å². The molecule has 0 radical (unpaired) electrons. The second-order valence-electron chi connectivity index (χ2n) is 7.43. The summed E-state index contributed by atoms with van der Waals surface area (Å²) in [4.78, 5) is 15.9. The van der Waals surface area contributed by atoms with Crippen LogP contribution in [0.2, 0.25) is 5.02 Å². The van der Waals surface area contributed by atoms with Gasteiger partial charge in [-0.2, -0.15) is 18.3 Å². The normalized spacial score (nSPS) is 13.5. The number of nitrogens with zero attached hydrogens (tertiary/aromatic N) is 3. The average molecular weight is 484 g/mol. The maximum Gasteiger partial charge on any atom is 0.416 e. The summed E-state index contributed by atoms with van der Waals surface area (Å²) in [5, 5.41) is 22.1. The molecule has 2 heterocycles. The van der Waals surface area contributed by atoms with Gasteiger partial charge in [-0.1, -0.05) is 41.9 Å². The number of alkyl halides is 3. The van der Waals surface area contributed by atoms with Crippen LogP contribution in [0.25, 0.3) is 16.6 Å². The average Bonchev–Trinajstić information content (AvgIpc) is 3.21. The zero-order valence-corrected chi connectivity index (χ0v) is 17.8. The third-order valence-electron chi connectivity index (χ3n) is 5.37. The molecule has 5 rings (SSSR count). The van der Waals surface area contributed by atoms with Gasteiger partial charge in [0.25, 0.3) is 5.69 Å². The second kappa shape index (κ2) is 7.99. The Morgan fingerprint density at radius 1 is 1.03 bits per heavy atom. The number of non-ortho nitro benzene ring substituents is 1. The number of nitrogens with one attached hydrogen (secondary N) is 2. The van der Waals surface area contributed by atoms with Crippen LogP contribution in [0.5, 0.6) is 0 Å². The summed E-state index contributed by atoms with van der Waals surface area (Å²) in [6.45, 7) is 0. The fourth-order valence-electron chi connectivity index (χ4n) is 3.80. The van der Waals surface area contributed by atoms with E-state index in [9.17, 15) is 23.3 Å². The Morgan fingerprint density at radius 3 is 2.56 bits per heavy atom. The first-order valence-corrected chi connectivity index (χ1v) is 10.2.